The highest BCUT2D eigenvalue weighted by molar-refractivity contribution is 5.95. The van der Waals surface area contributed by atoms with Crippen LogP contribution in [0.2, 0.25) is 0 Å². The SMILES string of the molecule is CCC(=O)c1ccc(OCC(=O)O[C@@H](C)C(N)=O)cc1. The monoisotopic (exact) mass is 279 g/mol. The van der Waals surface area contributed by atoms with E-state index in [1.165, 1.54) is 6.92 Å². The summed E-state index contributed by atoms with van der Waals surface area (Å²) in [5.74, 6) is -0.946. The standard InChI is InChI=1S/C14H17NO5/c1-3-12(16)10-4-6-11(7-5-10)19-8-13(17)20-9(2)14(15)18/h4-7,9H,3,8H2,1-2H3,(H2,15,18)/t9-/m0/s1. The van der Waals surface area contributed by atoms with Gasteiger partial charge in [0.15, 0.2) is 18.5 Å². The van der Waals surface area contributed by atoms with E-state index in [2.05, 4.69) is 0 Å². The van der Waals surface area contributed by atoms with Crippen LogP contribution >= 0.6 is 0 Å². The summed E-state index contributed by atoms with van der Waals surface area (Å²) in [5.41, 5.74) is 5.55. The van der Waals surface area contributed by atoms with Crippen LogP contribution in [0.4, 0.5) is 0 Å². The van der Waals surface area contributed by atoms with Crippen LogP contribution in [-0.4, -0.2) is 30.4 Å². The fraction of sp³-hybridized carbons (Fsp3) is 0.357. The Morgan fingerprint density at radius 2 is 1.80 bits per heavy atom. The number of carbonyl (C=O) groups excluding carboxylic acids is 3. The average Bonchev–Trinajstić information content (AvgIpc) is 2.44. The number of primary amides is 1. The van der Waals surface area contributed by atoms with Gasteiger partial charge >= 0.3 is 5.97 Å². The topological polar surface area (TPSA) is 95.7 Å². The van der Waals surface area contributed by atoms with E-state index in [1.807, 2.05) is 0 Å². The first kappa shape index (κ1) is 15.7. The third kappa shape index (κ3) is 4.72. The van der Waals surface area contributed by atoms with Crippen molar-refractivity contribution in [2.45, 2.75) is 26.4 Å². The van der Waals surface area contributed by atoms with E-state index in [4.69, 9.17) is 15.2 Å². The fourth-order valence-corrected chi connectivity index (χ4v) is 1.37. The van der Waals surface area contributed by atoms with Gasteiger partial charge in [0.25, 0.3) is 5.91 Å². The predicted molar refractivity (Wildman–Crippen MR) is 71.3 cm³/mol. The molecule has 0 radical (unpaired) electrons. The van der Waals surface area contributed by atoms with Crippen molar-refractivity contribution in [3.05, 3.63) is 29.8 Å². The molecule has 0 aliphatic rings. The Hall–Kier alpha value is -2.37. The summed E-state index contributed by atoms with van der Waals surface area (Å²) in [6, 6.07) is 6.43. The zero-order chi connectivity index (χ0) is 15.1. The van der Waals surface area contributed by atoms with Crippen LogP contribution in [0.1, 0.15) is 30.6 Å². The number of nitrogens with two attached hydrogens (primary N) is 1. The van der Waals surface area contributed by atoms with E-state index < -0.39 is 18.0 Å². The Labute approximate surface area is 116 Å². The molecule has 0 heterocycles. The Morgan fingerprint density at radius 3 is 2.30 bits per heavy atom. The number of ether oxygens (including phenoxy) is 2. The van der Waals surface area contributed by atoms with E-state index in [0.717, 1.165) is 0 Å². The van der Waals surface area contributed by atoms with E-state index in [-0.39, 0.29) is 12.4 Å². The molecule has 2 N–H and O–H groups in total. The summed E-state index contributed by atoms with van der Waals surface area (Å²) in [6.07, 6.45) is -0.562. The molecule has 1 aromatic carbocycles. The molecule has 6 heteroatoms. The van der Waals surface area contributed by atoms with Gasteiger partial charge < -0.3 is 15.2 Å². The van der Waals surface area contributed by atoms with Gasteiger partial charge in [-0.25, -0.2) is 4.79 Å². The van der Waals surface area contributed by atoms with Gasteiger partial charge in [-0.1, -0.05) is 6.92 Å². The first-order valence-corrected chi connectivity index (χ1v) is 6.19. The molecule has 0 bridgehead atoms. The molecule has 0 saturated heterocycles. The zero-order valence-corrected chi connectivity index (χ0v) is 11.4. The number of Topliss-reactive ketones (excluding diaryl/α,β-unsaturated/α-hetero) is 1. The predicted octanol–water partition coefficient (Wildman–Crippen LogP) is 1.08. The third-order valence-corrected chi connectivity index (χ3v) is 2.56. The van der Waals surface area contributed by atoms with Crippen molar-refractivity contribution in [1.82, 2.24) is 0 Å². The van der Waals surface area contributed by atoms with Crippen molar-refractivity contribution >= 4 is 17.7 Å². The second kappa shape index (κ2) is 7.28. The minimum atomic E-state index is -0.990. The molecular weight excluding hydrogens is 262 g/mol. The minimum Gasteiger partial charge on any atom is -0.482 e. The van der Waals surface area contributed by atoms with Gasteiger partial charge in [-0.05, 0) is 31.2 Å². The van der Waals surface area contributed by atoms with Gasteiger partial charge in [0.2, 0.25) is 0 Å². The summed E-state index contributed by atoms with van der Waals surface area (Å²) in [6.45, 7) is 2.83. The number of ketones is 1. The summed E-state index contributed by atoms with van der Waals surface area (Å²) in [5, 5.41) is 0. The van der Waals surface area contributed by atoms with Gasteiger partial charge in [0.05, 0.1) is 0 Å². The van der Waals surface area contributed by atoms with E-state index >= 15 is 0 Å². The lowest BCUT2D eigenvalue weighted by atomic mass is 10.1. The van der Waals surface area contributed by atoms with E-state index in [1.54, 1.807) is 31.2 Å². The lowest BCUT2D eigenvalue weighted by molar-refractivity contribution is -0.155. The molecule has 1 aromatic rings. The van der Waals surface area contributed by atoms with E-state index in [0.29, 0.717) is 17.7 Å². The first-order valence-electron chi connectivity index (χ1n) is 6.19. The van der Waals surface area contributed by atoms with Crippen molar-refractivity contribution < 1.29 is 23.9 Å². The third-order valence-electron chi connectivity index (χ3n) is 2.56. The second-order valence-electron chi connectivity index (χ2n) is 4.12. The molecule has 0 aromatic heterocycles. The molecule has 0 unspecified atom stereocenters. The van der Waals surface area contributed by atoms with Gasteiger partial charge in [0, 0.05) is 12.0 Å². The zero-order valence-electron chi connectivity index (χ0n) is 11.4. The van der Waals surface area contributed by atoms with Crippen molar-refractivity contribution in [2.24, 2.45) is 5.73 Å². The highest BCUT2D eigenvalue weighted by Crippen LogP contribution is 2.13. The molecule has 20 heavy (non-hydrogen) atoms. The number of carbonyl (C=O) groups is 3. The molecule has 0 aliphatic heterocycles. The molecule has 0 aliphatic carbocycles. The molecule has 0 fully saturated rings. The summed E-state index contributed by atoms with van der Waals surface area (Å²) < 4.78 is 9.90. The Bertz CT molecular complexity index is 495. The second-order valence-corrected chi connectivity index (χ2v) is 4.12. The van der Waals surface area contributed by atoms with Crippen LogP contribution in [0, 0.1) is 0 Å². The van der Waals surface area contributed by atoms with Crippen LogP contribution in [0.25, 0.3) is 0 Å². The normalized spacial score (nSPS) is 11.5. The Morgan fingerprint density at radius 1 is 1.20 bits per heavy atom. The van der Waals surface area contributed by atoms with Crippen LogP contribution in [0.3, 0.4) is 0 Å². The maximum absolute atomic E-state index is 11.4. The number of benzene rings is 1. The lowest BCUT2D eigenvalue weighted by Gasteiger charge is -2.10. The number of hydrogen-bond donors (Lipinski definition) is 1. The maximum Gasteiger partial charge on any atom is 0.344 e. The highest BCUT2D eigenvalue weighted by atomic mass is 16.6. The minimum absolute atomic E-state index is 0.0336. The maximum atomic E-state index is 11.4. The smallest absolute Gasteiger partial charge is 0.344 e. The molecular formula is C14H17NO5. The number of esters is 1. The highest BCUT2D eigenvalue weighted by Gasteiger charge is 2.14. The van der Waals surface area contributed by atoms with Gasteiger partial charge in [-0.3, -0.25) is 9.59 Å². The Kier molecular flexibility index (Phi) is 5.71. The van der Waals surface area contributed by atoms with Gasteiger partial charge in [0.1, 0.15) is 5.75 Å². The van der Waals surface area contributed by atoms with Gasteiger partial charge in [-0.15, -0.1) is 0 Å². The molecule has 1 rings (SSSR count). The average molecular weight is 279 g/mol. The van der Waals surface area contributed by atoms with Crippen molar-refractivity contribution in [2.75, 3.05) is 6.61 Å². The summed E-state index contributed by atoms with van der Waals surface area (Å²) in [4.78, 5) is 33.5. The molecule has 108 valence electrons. The molecule has 6 nitrogen and oxygen atoms in total. The van der Waals surface area contributed by atoms with Gasteiger partial charge in [-0.2, -0.15) is 0 Å². The van der Waals surface area contributed by atoms with Crippen molar-refractivity contribution in [1.29, 1.82) is 0 Å². The van der Waals surface area contributed by atoms with Crippen molar-refractivity contribution in [3.63, 3.8) is 0 Å². The summed E-state index contributed by atoms with van der Waals surface area (Å²) >= 11 is 0. The summed E-state index contributed by atoms with van der Waals surface area (Å²) in [7, 11) is 0. The largest absolute Gasteiger partial charge is 0.482 e. The van der Waals surface area contributed by atoms with Crippen molar-refractivity contribution in [3.8, 4) is 5.75 Å². The molecule has 1 atom stereocenters. The fourth-order valence-electron chi connectivity index (χ4n) is 1.37. The molecule has 0 spiro atoms. The number of amides is 1. The first-order chi connectivity index (χ1) is 9.43. The quantitative estimate of drug-likeness (QED) is 0.595. The molecule has 1 amide bonds. The van der Waals surface area contributed by atoms with Crippen LogP contribution < -0.4 is 10.5 Å². The van der Waals surface area contributed by atoms with E-state index in [9.17, 15) is 14.4 Å². The number of hydrogen-bond acceptors (Lipinski definition) is 5. The lowest BCUT2D eigenvalue weighted by Crippen LogP contribution is -2.32. The Balaban J connectivity index is 2.48. The van der Waals surface area contributed by atoms with Crippen LogP contribution in [0.5, 0.6) is 5.75 Å². The number of rotatable bonds is 7. The molecule has 0 saturated carbocycles. The van der Waals surface area contributed by atoms with Crippen LogP contribution in [0.15, 0.2) is 24.3 Å². The van der Waals surface area contributed by atoms with Crippen LogP contribution in [-0.2, 0) is 14.3 Å².